The summed E-state index contributed by atoms with van der Waals surface area (Å²) in [5.41, 5.74) is 4.17. The number of carbonyl (C=O) groups is 1. The number of hydrogen-bond acceptors (Lipinski definition) is 4. The highest BCUT2D eigenvalue weighted by Gasteiger charge is 2.14. The molecular formula is C20H22N4O2. The van der Waals surface area contributed by atoms with Crippen LogP contribution < -0.4 is 0 Å². The number of aromatic carboxylic acids is 1. The number of aromatic amines is 1. The maximum Gasteiger partial charge on any atom is 0.335 e. The van der Waals surface area contributed by atoms with Gasteiger partial charge in [0.15, 0.2) is 0 Å². The van der Waals surface area contributed by atoms with Crippen LogP contribution >= 0.6 is 0 Å². The number of nitrogens with zero attached hydrogens (tertiary/aromatic N) is 3. The van der Waals surface area contributed by atoms with E-state index in [1.165, 1.54) is 5.56 Å². The van der Waals surface area contributed by atoms with Gasteiger partial charge in [-0.1, -0.05) is 24.3 Å². The van der Waals surface area contributed by atoms with E-state index in [1.54, 1.807) is 12.1 Å². The molecule has 1 aliphatic heterocycles. The highest BCUT2D eigenvalue weighted by Crippen LogP contribution is 2.27. The van der Waals surface area contributed by atoms with Crippen LogP contribution in [0.2, 0.25) is 0 Å². The second-order valence-corrected chi connectivity index (χ2v) is 6.91. The van der Waals surface area contributed by atoms with Crippen molar-refractivity contribution in [1.82, 2.24) is 20.0 Å². The average Bonchev–Trinajstić information content (AvgIpc) is 3.07. The third-order valence-electron chi connectivity index (χ3n) is 5.04. The molecule has 1 fully saturated rings. The summed E-state index contributed by atoms with van der Waals surface area (Å²) in [5.74, 6) is -0.934. The monoisotopic (exact) mass is 350 g/mol. The Kier molecular flexibility index (Phi) is 4.44. The largest absolute Gasteiger partial charge is 0.478 e. The zero-order valence-corrected chi connectivity index (χ0v) is 14.8. The first-order valence-corrected chi connectivity index (χ1v) is 8.82. The van der Waals surface area contributed by atoms with Crippen LogP contribution in [-0.4, -0.2) is 64.3 Å². The first-order valence-electron chi connectivity index (χ1n) is 8.82. The lowest BCUT2D eigenvalue weighted by atomic mass is 10.0. The van der Waals surface area contributed by atoms with Gasteiger partial charge in [0.05, 0.1) is 16.8 Å². The number of carboxylic acid groups (broad SMARTS) is 1. The zero-order valence-electron chi connectivity index (χ0n) is 14.8. The fraction of sp³-hybridized carbons (Fsp3) is 0.300. The van der Waals surface area contributed by atoms with Crippen LogP contribution in [0.5, 0.6) is 0 Å². The van der Waals surface area contributed by atoms with Gasteiger partial charge < -0.3 is 10.0 Å². The molecule has 2 N–H and O–H groups in total. The van der Waals surface area contributed by atoms with Crippen LogP contribution in [0.25, 0.3) is 22.2 Å². The van der Waals surface area contributed by atoms with Gasteiger partial charge in [0, 0.05) is 43.7 Å². The van der Waals surface area contributed by atoms with Crippen LogP contribution in [0, 0.1) is 0 Å². The van der Waals surface area contributed by atoms with Crippen molar-refractivity contribution in [3.8, 4) is 11.3 Å². The second-order valence-electron chi connectivity index (χ2n) is 6.91. The Morgan fingerprint density at radius 2 is 1.85 bits per heavy atom. The van der Waals surface area contributed by atoms with Gasteiger partial charge in [-0.15, -0.1) is 0 Å². The van der Waals surface area contributed by atoms with Crippen molar-refractivity contribution in [2.75, 3.05) is 33.2 Å². The maximum atomic E-state index is 11.1. The van der Waals surface area contributed by atoms with Gasteiger partial charge in [-0.25, -0.2) is 4.79 Å². The predicted octanol–water partition coefficient (Wildman–Crippen LogP) is 2.68. The SMILES string of the molecule is CN1CCN(Cc2ccc(-c3n[nH]c4cc(C(=O)O)ccc34)cc2)CC1. The Hall–Kier alpha value is -2.70. The summed E-state index contributed by atoms with van der Waals surface area (Å²) in [5, 5.41) is 17.4. The molecule has 1 saturated heterocycles. The number of H-pyrrole nitrogens is 1. The Morgan fingerprint density at radius 3 is 2.54 bits per heavy atom. The maximum absolute atomic E-state index is 11.1. The van der Waals surface area contributed by atoms with Crippen molar-refractivity contribution in [2.45, 2.75) is 6.54 Å². The summed E-state index contributed by atoms with van der Waals surface area (Å²) in [4.78, 5) is 15.9. The molecule has 3 aromatic rings. The average molecular weight is 350 g/mol. The van der Waals surface area contributed by atoms with E-state index in [0.717, 1.165) is 54.9 Å². The summed E-state index contributed by atoms with van der Waals surface area (Å²) in [6, 6.07) is 13.5. The summed E-state index contributed by atoms with van der Waals surface area (Å²) < 4.78 is 0. The number of carboxylic acids is 1. The minimum Gasteiger partial charge on any atom is -0.478 e. The van der Waals surface area contributed by atoms with Crippen LogP contribution in [0.4, 0.5) is 0 Å². The van der Waals surface area contributed by atoms with Crippen molar-refractivity contribution in [3.63, 3.8) is 0 Å². The Bertz CT molecular complexity index is 925. The van der Waals surface area contributed by atoms with E-state index in [2.05, 4.69) is 51.3 Å². The molecule has 0 amide bonds. The van der Waals surface area contributed by atoms with Crippen molar-refractivity contribution in [3.05, 3.63) is 53.6 Å². The molecule has 6 heteroatoms. The Balaban J connectivity index is 1.53. The molecule has 134 valence electrons. The van der Waals surface area contributed by atoms with Gasteiger partial charge >= 0.3 is 5.97 Å². The summed E-state index contributed by atoms with van der Waals surface area (Å²) >= 11 is 0. The number of aromatic nitrogens is 2. The van der Waals surface area contributed by atoms with Crippen LogP contribution in [0.1, 0.15) is 15.9 Å². The molecule has 2 heterocycles. The number of hydrogen-bond donors (Lipinski definition) is 2. The number of rotatable bonds is 4. The highest BCUT2D eigenvalue weighted by molar-refractivity contribution is 5.98. The van der Waals surface area contributed by atoms with Crippen molar-refractivity contribution in [1.29, 1.82) is 0 Å². The van der Waals surface area contributed by atoms with Gasteiger partial charge in [0.25, 0.3) is 0 Å². The fourth-order valence-electron chi connectivity index (χ4n) is 3.40. The van der Waals surface area contributed by atoms with Gasteiger partial charge in [0.1, 0.15) is 0 Å². The summed E-state index contributed by atoms with van der Waals surface area (Å²) in [6.45, 7) is 5.42. The van der Waals surface area contributed by atoms with E-state index in [4.69, 9.17) is 5.11 Å². The molecule has 1 aromatic heterocycles. The molecule has 0 radical (unpaired) electrons. The van der Waals surface area contributed by atoms with Crippen molar-refractivity contribution >= 4 is 16.9 Å². The molecule has 0 aliphatic carbocycles. The van der Waals surface area contributed by atoms with Crippen LogP contribution in [0.15, 0.2) is 42.5 Å². The zero-order chi connectivity index (χ0) is 18.1. The predicted molar refractivity (Wildman–Crippen MR) is 101 cm³/mol. The second kappa shape index (κ2) is 6.90. The molecule has 26 heavy (non-hydrogen) atoms. The third kappa shape index (κ3) is 3.34. The molecular weight excluding hydrogens is 328 g/mol. The quantitative estimate of drug-likeness (QED) is 0.757. The Morgan fingerprint density at radius 1 is 1.12 bits per heavy atom. The lowest BCUT2D eigenvalue weighted by Gasteiger charge is -2.32. The van der Waals surface area contributed by atoms with Crippen molar-refractivity contribution < 1.29 is 9.90 Å². The van der Waals surface area contributed by atoms with Gasteiger partial charge in [-0.2, -0.15) is 5.10 Å². The molecule has 0 spiro atoms. The highest BCUT2D eigenvalue weighted by atomic mass is 16.4. The van der Waals surface area contributed by atoms with E-state index in [1.807, 2.05) is 6.07 Å². The lowest BCUT2D eigenvalue weighted by molar-refractivity contribution is 0.0697. The third-order valence-corrected chi connectivity index (χ3v) is 5.04. The van der Waals surface area contributed by atoms with E-state index in [9.17, 15) is 4.79 Å². The van der Waals surface area contributed by atoms with E-state index >= 15 is 0 Å². The topological polar surface area (TPSA) is 72.5 Å². The molecule has 6 nitrogen and oxygen atoms in total. The lowest BCUT2D eigenvalue weighted by Crippen LogP contribution is -2.43. The number of likely N-dealkylation sites (N-methyl/N-ethyl adjacent to an activating group) is 1. The van der Waals surface area contributed by atoms with E-state index < -0.39 is 5.97 Å². The minimum atomic E-state index is -0.934. The minimum absolute atomic E-state index is 0.259. The summed E-state index contributed by atoms with van der Waals surface area (Å²) in [7, 11) is 2.17. The molecule has 2 aromatic carbocycles. The smallest absolute Gasteiger partial charge is 0.335 e. The first kappa shape index (κ1) is 16.8. The van der Waals surface area contributed by atoms with Gasteiger partial charge in [-0.3, -0.25) is 10.00 Å². The number of piperazine rings is 1. The number of nitrogens with one attached hydrogen (secondary N) is 1. The summed E-state index contributed by atoms with van der Waals surface area (Å²) in [6.07, 6.45) is 0. The van der Waals surface area contributed by atoms with E-state index in [0.29, 0.717) is 0 Å². The number of benzene rings is 2. The molecule has 0 saturated carbocycles. The first-order chi connectivity index (χ1) is 12.6. The standard InChI is InChI=1S/C20H22N4O2/c1-23-8-10-24(11-9-23)13-14-2-4-15(5-3-14)19-17-7-6-16(20(25)26)12-18(17)21-22-19/h2-7,12H,8-11,13H2,1H3,(H,21,22)(H,25,26). The molecule has 4 rings (SSSR count). The normalized spacial score (nSPS) is 16.2. The van der Waals surface area contributed by atoms with Gasteiger partial charge in [-0.05, 0) is 30.8 Å². The molecule has 0 atom stereocenters. The van der Waals surface area contributed by atoms with Gasteiger partial charge in [0.2, 0.25) is 0 Å². The van der Waals surface area contributed by atoms with Crippen LogP contribution in [0.3, 0.4) is 0 Å². The Labute approximate surface area is 152 Å². The molecule has 1 aliphatic rings. The fourth-order valence-corrected chi connectivity index (χ4v) is 3.40. The van der Waals surface area contributed by atoms with E-state index in [-0.39, 0.29) is 5.56 Å². The van der Waals surface area contributed by atoms with Crippen LogP contribution in [-0.2, 0) is 6.54 Å². The molecule has 0 unspecified atom stereocenters. The number of fused-ring (bicyclic) bond motifs is 1. The molecule has 0 bridgehead atoms. The van der Waals surface area contributed by atoms with Crippen molar-refractivity contribution in [2.24, 2.45) is 0 Å².